The van der Waals surface area contributed by atoms with Gasteiger partial charge < -0.3 is 10.1 Å². The van der Waals surface area contributed by atoms with Gasteiger partial charge >= 0.3 is 5.97 Å². The molecule has 2 rings (SSSR count). The van der Waals surface area contributed by atoms with E-state index in [1.54, 1.807) is 13.0 Å². The lowest BCUT2D eigenvalue weighted by Gasteiger charge is -2.08. The van der Waals surface area contributed by atoms with Gasteiger partial charge in [0.2, 0.25) is 0 Å². The van der Waals surface area contributed by atoms with Gasteiger partial charge in [-0.1, -0.05) is 12.1 Å². The molecular weight excluding hydrogens is 343 g/mol. The third-order valence-corrected chi connectivity index (χ3v) is 3.30. The molecule has 8 heteroatoms. The summed E-state index contributed by atoms with van der Waals surface area (Å²) < 4.78 is 17.8. The van der Waals surface area contributed by atoms with E-state index in [1.165, 1.54) is 42.5 Å². The Morgan fingerprint density at radius 2 is 2.04 bits per heavy atom. The molecule has 0 aliphatic heterocycles. The fourth-order valence-corrected chi connectivity index (χ4v) is 2.05. The third kappa shape index (κ3) is 5.52. The standard InChI is InChI=1S/C18H15FN2O5/c1-12-9-15(21(24)25)6-7-16(12)20-17(22)11-26-18(23)8-5-13-3-2-4-14(19)10-13/h2-10H,11H2,1H3,(H,20,22)/b8-5+. The van der Waals surface area contributed by atoms with Crippen molar-refractivity contribution in [3.63, 3.8) is 0 Å². The molecule has 26 heavy (non-hydrogen) atoms. The van der Waals surface area contributed by atoms with Crippen LogP contribution in [0.4, 0.5) is 15.8 Å². The van der Waals surface area contributed by atoms with Crippen LogP contribution >= 0.6 is 0 Å². The predicted octanol–water partition coefficient (Wildman–Crippen LogP) is 3.24. The molecule has 1 N–H and O–H groups in total. The molecule has 0 radical (unpaired) electrons. The van der Waals surface area contributed by atoms with Crippen molar-refractivity contribution >= 4 is 29.3 Å². The average molecular weight is 358 g/mol. The van der Waals surface area contributed by atoms with Crippen LogP contribution in [0.1, 0.15) is 11.1 Å². The first-order chi connectivity index (χ1) is 12.3. The summed E-state index contributed by atoms with van der Waals surface area (Å²) in [6.45, 7) is 1.08. The number of esters is 1. The zero-order chi connectivity index (χ0) is 19.1. The molecule has 2 aromatic rings. The van der Waals surface area contributed by atoms with Gasteiger partial charge in [-0.15, -0.1) is 0 Å². The molecule has 134 valence electrons. The van der Waals surface area contributed by atoms with Crippen LogP contribution < -0.4 is 5.32 Å². The van der Waals surface area contributed by atoms with Gasteiger partial charge in [-0.25, -0.2) is 9.18 Å². The van der Waals surface area contributed by atoms with Crippen molar-refractivity contribution in [3.05, 3.63) is 75.6 Å². The summed E-state index contributed by atoms with van der Waals surface area (Å²) in [5.41, 5.74) is 1.28. The molecule has 0 aromatic heterocycles. The van der Waals surface area contributed by atoms with Crippen LogP contribution in [-0.4, -0.2) is 23.4 Å². The van der Waals surface area contributed by atoms with E-state index in [0.29, 0.717) is 16.8 Å². The van der Waals surface area contributed by atoms with Crippen LogP contribution in [0.2, 0.25) is 0 Å². The lowest BCUT2D eigenvalue weighted by atomic mass is 10.2. The van der Waals surface area contributed by atoms with Gasteiger partial charge in [-0.2, -0.15) is 0 Å². The van der Waals surface area contributed by atoms with Gasteiger partial charge in [0.25, 0.3) is 11.6 Å². The molecule has 0 unspecified atom stereocenters. The number of rotatable bonds is 6. The maximum atomic E-state index is 13.0. The highest BCUT2D eigenvalue weighted by molar-refractivity contribution is 5.95. The number of carbonyl (C=O) groups excluding carboxylic acids is 2. The van der Waals surface area contributed by atoms with Crippen molar-refractivity contribution in [3.8, 4) is 0 Å². The highest BCUT2D eigenvalue weighted by Crippen LogP contribution is 2.21. The Balaban J connectivity index is 1.86. The van der Waals surface area contributed by atoms with Gasteiger partial charge in [-0.05, 0) is 42.3 Å². The Labute approximate surface area is 148 Å². The van der Waals surface area contributed by atoms with Gasteiger partial charge in [0.15, 0.2) is 6.61 Å². The number of nitrogens with zero attached hydrogens (tertiary/aromatic N) is 1. The maximum absolute atomic E-state index is 13.0. The molecule has 0 aliphatic rings. The summed E-state index contributed by atoms with van der Waals surface area (Å²) in [5, 5.41) is 13.2. The highest BCUT2D eigenvalue weighted by Gasteiger charge is 2.11. The van der Waals surface area contributed by atoms with Crippen LogP contribution in [0.3, 0.4) is 0 Å². The van der Waals surface area contributed by atoms with E-state index in [-0.39, 0.29) is 5.69 Å². The Hall–Kier alpha value is -3.55. The van der Waals surface area contributed by atoms with E-state index in [9.17, 15) is 24.1 Å². The second-order valence-electron chi connectivity index (χ2n) is 5.30. The van der Waals surface area contributed by atoms with E-state index >= 15 is 0 Å². The summed E-state index contributed by atoms with van der Waals surface area (Å²) in [4.78, 5) is 33.5. The average Bonchev–Trinajstić information content (AvgIpc) is 2.60. The van der Waals surface area contributed by atoms with E-state index in [0.717, 1.165) is 6.08 Å². The summed E-state index contributed by atoms with van der Waals surface area (Å²) in [7, 11) is 0. The molecule has 0 saturated heterocycles. The van der Waals surface area contributed by atoms with E-state index in [4.69, 9.17) is 4.74 Å². The van der Waals surface area contributed by atoms with Crippen LogP contribution in [0, 0.1) is 22.9 Å². The molecular formula is C18H15FN2O5. The first-order valence-corrected chi connectivity index (χ1v) is 7.50. The quantitative estimate of drug-likeness (QED) is 0.370. The molecule has 0 heterocycles. The second kappa shape index (κ2) is 8.52. The lowest BCUT2D eigenvalue weighted by Crippen LogP contribution is -2.20. The number of carbonyl (C=O) groups is 2. The van der Waals surface area contributed by atoms with Gasteiger partial charge in [0, 0.05) is 23.9 Å². The zero-order valence-electron chi connectivity index (χ0n) is 13.8. The maximum Gasteiger partial charge on any atom is 0.331 e. The van der Waals surface area contributed by atoms with Crippen molar-refractivity contribution in [2.45, 2.75) is 6.92 Å². The molecule has 0 atom stereocenters. The summed E-state index contributed by atoms with van der Waals surface area (Å²) in [6, 6.07) is 9.61. The number of halogens is 1. The number of anilines is 1. The number of hydrogen-bond donors (Lipinski definition) is 1. The van der Waals surface area contributed by atoms with Crippen molar-refractivity contribution in [2.75, 3.05) is 11.9 Å². The smallest absolute Gasteiger partial charge is 0.331 e. The first kappa shape index (κ1) is 18.8. The van der Waals surface area contributed by atoms with E-state index < -0.39 is 29.2 Å². The lowest BCUT2D eigenvalue weighted by molar-refractivity contribution is -0.384. The normalized spacial score (nSPS) is 10.5. The minimum Gasteiger partial charge on any atom is -0.452 e. The number of nitro groups is 1. The molecule has 1 amide bonds. The number of nitro benzene ring substituents is 1. The summed E-state index contributed by atoms with van der Waals surface area (Å²) >= 11 is 0. The van der Waals surface area contributed by atoms with Crippen LogP contribution in [0.15, 0.2) is 48.5 Å². The number of hydrogen-bond acceptors (Lipinski definition) is 5. The van der Waals surface area contributed by atoms with Crippen LogP contribution in [-0.2, 0) is 14.3 Å². The highest BCUT2D eigenvalue weighted by atomic mass is 19.1. The van der Waals surface area contributed by atoms with Crippen molar-refractivity contribution in [1.29, 1.82) is 0 Å². The molecule has 0 aliphatic carbocycles. The monoisotopic (exact) mass is 358 g/mol. The Morgan fingerprint density at radius 1 is 1.27 bits per heavy atom. The number of ether oxygens (including phenoxy) is 1. The zero-order valence-corrected chi connectivity index (χ0v) is 13.8. The molecule has 0 saturated carbocycles. The van der Waals surface area contributed by atoms with Crippen molar-refractivity contribution in [2.24, 2.45) is 0 Å². The number of non-ortho nitro benzene ring substituents is 1. The summed E-state index contributed by atoms with van der Waals surface area (Å²) in [6.07, 6.45) is 2.45. The largest absolute Gasteiger partial charge is 0.452 e. The molecule has 0 bridgehead atoms. The fourth-order valence-electron chi connectivity index (χ4n) is 2.05. The van der Waals surface area contributed by atoms with Crippen LogP contribution in [0.25, 0.3) is 6.08 Å². The van der Waals surface area contributed by atoms with Gasteiger partial charge in [-0.3, -0.25) is 14.9 Å². The molecule has 0 spiro atoms. The number of amides is 1. The second-order valence-corrected chi connectivity index (χ2v) is 5.30. The van der Waals surface area contributed by atoms with Crippen molar-refractivity contribution < 1.29 is 23.6 Å². The van der Waals surface area contributed by atoms with Crippen LogP contribution in [0.5, 0.6) is 0 Å². The fraction of sp³-hybridized carbons (Fsp3) is 0.111. The number of benzene rings is 2. The Kier molecular flexibility index (Phi) is 6.15. The molecule has 0 fully saturated rings. The van der Waals surface area contributed by atoms with Crippen molar-refractivity contribution in [1.82, 2.24) is 0 Å². The topological polar surface area (TPSA) is 98.5 Å². The SMILES string of the molecule is Cc1cc([N+](=O)[O-])ccc1NC(=O)COC(=O)/C=C/c1cccc(F)c1. The Bertz CT molecular complexity index is 880. The predicted molar refractivity (Wildman–Crippen MR) is 92.9 cm³/mol. The molecule has 2 aromatic carbocycles. The number of nitrogens with one attached hydrogen (secondary N) is 1. The van der Waals surface area contributed by atoms with Gasteiger partial charge in [0.1, 0.15) is 5.82 Å². The minimum absolute atomic E-state index is 0.0885. The summed E-state index contributed by atoms with van der Waals surface area (Å²) in [5.74, 6) is -1.78. The molecule has 7 nitrogen and oxygen atoms in total. The van der Waals surface area contributed by atoms with E-state index in [1.807, 2.05) is 0 Å². The first-order valence-electron chi connectivity index (χ1n) is 7.50. The van der Waals surface area contributed by atoms with E-state index in [2.05, 4.69) is 5.32 Å². The Morgan fingerprint density at radius 3 is 2.69 bits per heavy atom. The minimum atomic E-state index is -0.759. The number of aryl methyl sites for hydroxylation is 1. The third-order valence-electron chi connectivity index (χ3n) is 3.30. The van der Waals surface area contributed by atoms with Gasteiger partial charge in [0.05, 0.1) is 4.92 Å².